The van der Waals surface area contributed by atoms with E-state index in [1.54, 1.807) is 6.20 Å². The molecule has 12 heteroatoms. The number of β-amino-alcohol motifs (C(OH)–C–C–N with tert-alkyl or cyclic N) is 1. The fourth-order valence-corrected chi connectivity index (χ4v) is 7.38. The zero-order valence-electron chi connectivity index (χ0n) is 28.1. The van der Waals surface area contributed by atoms with Gasteiger partial charge in [0, 0.05) is 65.0 Å². The molecule has 3 aliphatic heterocycles. The summed E-state index contributed by atoms with van der Waals surface area (Å²) in [5.41, 5.74) is 2.99. The van der Waals surface area contributed by atoms with Gasteiger partial charge in [-0.15, -0.1) is 0 Å². The molecule has 0 bridgehead atoms. The Kier molecular flexibility index (Phi) is 10.3. The lowest BCUT2D eigenvalue weighted by Crippen LogP contribution is -2.49. The number of rotatable bonds is 10. The molecule has 2 aromatic heterocycles. The van der Waals surface area contributed by atoms with E-state index >= 15 is 0 Å². The van der Waals surface area contributed by atoms with Crippen molar-refractivity contribution in [2.75, 3.05) is 57.3 Å². The van der Waals surface area contributed by atoms with Crippen LogP contribution >= 0.6 is 0 Å². The van der Waals surface area contributed by atoms with Crippen LogP contribution in [-0.4, -0.2) is 106 Å². The molecule has 6 rings (SSSR count). The maximum Gasteiger partial charge on any atom is 0.243 e. The maximum atomic E-state index is 14.1. The average molecular weight is 647 g/mol. The highest BCUT2D eigenvalue weighted by atomic mass is 16.5. The molecule has 5 heterocycles. The van der Waals surface area contributed by atoms with Crippen molar-refractivity contribution in [1.29, 1.82) is 0 Å². The van der Waals surface area contributed by atoms with Gasteiger partial charge >= 0.3 is 0 Å². The molecule has 4 atom stereocenters. The molecule has 2 amide bonds. The van der Waals surface area contributed by atoms with Gasteiger partial charge in [-0.05, 0) is 61.9 Å². The fourth-order valence-electron chi connectivity index (χ4n) is 7.38. The number of aliphatic hydroxyl groups is 1. The van der Waals surface area contributed by atoms with E-state index in [2.05, 4.69) is 30.7 Å². The van der Waals surface area contributed by atoms with Gasteiger partial charge in [0.1, 0.15) is 12.0 Å². The van der Waals surface area contributed by atoms with Gasteiger partial charge in [0.05, 0.1) is 17.8 Å². The normalized spacial score (nSPS) is 22.5. The number of carbonyl (C=O) groups excluding carboxylic acids is 2. The van der Waals surface area contributed by atoms with Crippen molar-refractivity contribution in [2.45, 2.75) is 64.1 Å². The third-order valence-electron chi connectivity index (χ3n) is 10.2. The zero-order chi connectivity index (χ0) is 33.1. The number of likely N-dealkylation sites (tertiary alicyclic amines) is 1. The molecule has 3 aromatic rings. The van der Waals surface area contributed by atoms with Crippen LogP contribution < -0.4 is 15.5 Å². The van der Waals surface area contributed by atoms with Crippen LogP contribution in [0, 0.1) is 11.8 Å². The van der Waals surface area contributed by atoms with Crippen molar-refractivity contribution < 1.29 is 19.2 Å². The molecule has 0 saturated carbocycles. The number of benzene rings is 1. The molecular weight excluding hydrogens is 596 g/mol. The first-order valence-corrected chi connectivity index (χ1v) is 17.2. The van der Waals surface area contributed by atoms with Crippen molar-refractivity contribution in [3.05, 3.63) is 53.9 Å². The number of carbonyl (C=O) groups is 2. The third-order valence-corrected chi connectivity index (χ3v) is 10.2. The zero-order valence-corrected chi connectivity index (χ0v) is 28.1. The summed E-state index contributed by atoms with van der Waals surface area (Å²) in [7, 11) is 1.90. The van der Waals surface area contributed by atoms with Crippen LogP contribution in [0.15, 0.2) is 47.1 Å². The summed E-state index contributed by atoms with van der Waals surface area (Å²) in [5.74, 6) is 0.805. The molecule has 3 N–H and O–H groups in total. The predicted octanol–water partition coefficient (Wildman–Crippen LogP) is 2.78. The quantitative estimate of drug-likeness (QED) is 0.304. The Hall–Kier alpha value is -3.74. The monoisotopic (exact) mass is 646 g/mol. The standard InChI is InChI=1S/C35H50N8O4/c1-23(2)33(31-20-32(39-47-31)42-17-15-41(16-18-42)21-25-9-12-36-13-10-25)35(46)43-22-28(44)19-30(43)34(45)38-24(3)26-5-7-27(8-6-26)29-11-14-37-40(29)4/h5-8,11,14,20,23-25,28,30,33,36,44H,9-10,12-13,15-19,21-22H2,1-4H3,(H,38,45)/t24?,28-,30+,33?/m1/s1. The Balaban J connectivity index is 1.08. The molecule has 12 nitrogen and oxygen atoms in total. The van der Waals surface area contributed by atoms with E-state index < -0.39 is 18.1 Å². The number of hydrogen-bond acceptors (Lipinski definition) is 9. The van der Waals surface area contributed by atoms with Gasteiger partial charge in [0.2, 0.25) is 11.8 Å². The van der Waals surface area contributed by atoms with E-state index in [0.717, 1.165) is 74.4 Å². The maximum absolute atomic E-state index is 14.1. The van der Waals surface area contributed by atoms with E-state index in [1.807, 2.05) is 68.9 Å². The summed E-state index contributed by atoms with van der Waals surface area (Å²) in [4.78, 5) is 34.0. The Labute approximate surface area is 277 Å². The van der Waals surface area contributed by atoms with Crippen molar-refractivity contribution >= 4 is 17.6 Å². The molecular formula is C35H50N8O4. The van der Waals surface area contributed by atoms with E-state index in [4.69, 9.17) is 4.52 Å². The van der Waals surface area contributed by atoms with Crippen LogP contribution in [0.5, 0.6) is 0 Å². The molecule has 3 aliphatic rings. The van der Waals surface area contributed by atoms with Crippen molar-refractivity contribution in [3.8, 4) is 11.3 Å². The fraction of sp³-hybridized carbons (Fsp3) is 0.600. The Morgan fingerprint density at radius 2 is 1.79 bits per heavy atom. The van der Waals surface area contributed by atoms with Crippen molar-refractivity contribution in [3.63, 3.8) is 0 Å². The SMILES string of the molecule is CC(NC(=O)[C@@H]1C[C@@H](O)CN1C(=O)C(c1cc(N2CCN(CC3CCNCC3)CC2)no1)C(C)C)c1ccc(-c2ccnn2C)cc1. The first-order chi connectivity index (χ1) is 22.7. The van der Waals surface area contributed by atoms with Crippen LogP contribution in [-0.2, 0) is 16.6 Å². The van der Waals surface area contributed by atoms with Gasteiger partial charge in [0.25, 0.3) is 0 Å². The summed E-state index contributed by atoms with van der Waals surface area (Å²) < 4.78 is 7.65. The number of aromatic nitrogens is 3. The van der Waals surface area contributed by atoms with Crippen molar-refractivity contribution in [1.82, 2.24) is 35.4 Å². The van der Waals surface area contributed by atoms with Crippen LogP contribution in [0.25, 0.3) is 11.3 Å². The second kappa shape index (κ2) is 14.6. The highest BCUT2D eigenvalue weighted by Crippen LogP contribution is 2.33. The summed E-state index contributed by atoms with van der Waals surface area (Å²) >= 11 is 0. The molecule has 0 radical (unpaired) electrons. The summed E-state index contributed by atoms with van der Waals surface area (Å²) in [6.45, 7) is 13.1. The molecule has 0 aliphatic carbocycles. The van der Waals surface area contributed by atoms with Crippen LogP contribution in [0.2, 0.25) is 0 Å². The Morgan fingerprint density at radius 1 is 1.06 bits per heavy atom. The topological polar surface area (TPSA) is 132 Å². The largest absolute Gasteiger partial charge is 0.391 e. The molecule has 3 saturated heterocycles. The first-order valence-electron chi connectivity index (χ1n) is 17.2. The second-order valence-electron chi connectivity index (χ2n) is 13.9. The van der Waals surface area contributed by atoms with Gasteiger partial charge in [0.15, 0.2) is 11.6 Å². The molecule has 1 aromatic carbocycles. The average Bonchev–Trinajstić information content (AvgIpc) is 3.82. The van der Waals surface area contributed by atoms with E-state index in [9.17, 15) is 14.7 Å². The number of aryl methyl sites for hydroxylation is 1. The lowest BCUT2D eigenvalue weighted by molar-refractivity contribution is -0.141. The number of amides is 2. The molecule has 2 unspecified atom stereocenters. The highest BCUT2D eigenvalue weighted by Gasteiger charge is 2.43. The lowest BCUT2D eigenvalue weighted by Gasteiger charge is -2.37. The van der Waals surface area contributed by atoms with Gasteiger partial charge in [-0.25, -0.2) is 0 Å². The minimum atomic E-state index is -0.776. The number of anilines is 1. The molecule has 254 valence electrons. The van der Waals surface area contributed by atoms with Gasteiger partial charge in [-0.3, -0.25) is 19.2 Å². The summed E-state index contributed by atoms with van der Waals surface area (Å²) in [5, 5.41) is 25.8. The van der Waals surface area contributed by atoms with Gasteiger partial charge < -0.3 is 30.1 Å². The van der Waals surface area contributed by atoms with E-state index in [0.29, 0.717) is 5.76 Å². The van der Waals surface area contributed by atoms with Crippen LogP contribution in [0.3, 0.4) is 0 Å². The van der Waals surface area contributed by atoms with Crippen LogP contribution in [0.1, 0.15) is 63.3 Å². The number of hydrogen-bond donors (Lipinski definition) is 3. The lowest BCUT2D eigenvalue weighted by atomic mass is 9.91. The second-order valence-corrected chi connectivity index (χ2v) is 13.9. The third kappa shape index (κ3) is 7.55. The van der Waals surface area contributed by atoms with E-state index in [-0.39, 0.29) is 36.7 Å². The minimum Gasteiger partial charge on any atom is -0.391 e. The van der Waals surface area contributed by atoms with Gasteiger partial charge in [-0.2, -0.15) is 5.10 Å². The smallest absolute Gasteiger partial charge is 0.243 e. The summed E-state index contributed by atoms with van der Waals surface area (Å²) in [6.07, 6.45) is 3.67. The number of aliphatic hydroxyl groups excluding tert-OH is 1. The number of piperazine rings is 1. The Bertz CT molecular complexity index is 1490. The number of piperidine rings is 1. The van der Waals surface area contributed by atoms with Crippen molar-refractivity contribution in [2.24, 2.45) is 18.9 Å². The van der Waals surface area contributed by atoms with Gasteiger partial charge in [-0.1, -0.05) is 43.3 Å². The minimum absolute atomic E-state index is 0.0940. The van der Waals surface area contributed by atoms with E-state index in [1.165, 1.54) is 17.7 Å². The Morgan fingerprint density at radius 3 is 2.45 bits per heavy atom. The molecule has 0 spiro atoms. The predicted molar refractivity (Wildman–Crippen MR) is 180 cm³/mol. The number of nitrogens with one attached hydrogen (secondary N) is 2. The van der Waals surface area contributed by atoms with Crippen LogP contribution in [0.4, 0.5) is 5.82 Å². The molecule has 3 fully saturated rings. The highest BCUT2D eigenvalue weighted by molar-refractivity contribution is 5.91. The number of nitrogens with zero attached hydrogens (tertiary/aromatic N) is 6. The molecule has 47 heavy (non-hydrogen) atoms. The summed E-state index contributed by atoms with van der Waals surface area (Å²) in [6, 6.07) is 10.8. The first kappa shape index (κ1) is 33.2.